The van der Waals surface area contributed by atoms with Crippen molar-refractivity contribution in [1.82, 2.24) is 10.6 Å². The first kappa shape index (κ1) is 18.3. The highest BCUT2D eigenvalue weighted by Crippen LogP contribution is 2.24. The minimum absolute atomic E-state index is 0.192. The molecule has 1 amide bonds. The summed E-state index contributed by atoms with van der Waals surface area (Å²) in [5.74, 6) is 0. The van der Waals surface area contributed by atoms with Gasteiger partial charge in [0.05, 0.1) is 0 Å². The molecule has 4 nitrogen and oxygen atoms in total. The molecule has 0 radical (unpaired) electrons. The summed E-state index contributed by atoms with van der Waals surface area (Å²) in [5.41, 5.74) is 0.818. The Morgan fingerprint density at radius 2 is 2.00 bits per heavy atom. The van der Waals surface area contributed by atoms with Gasteiger partial charge in [0.15, 0.2) is 0 Å². The van der Waals surface area contributed by atoms with Gasteiger partial charge in [0.25, 0.3) is 0 Å². The molecule has 5 heteroatoms. The summed E-state index contributed by atoms with van der Waals surface area (Å²) in [7, 11) is 0. The number of carbonyl (C=O) groups excluding carboxylic acids is 1. The molecule has 0 saturated heterocycles. The third-order valence-corrected chi connectivity index (χ3v) is 4.48. The average molecular weight is 383 g/mol. The average Bonchev–Trinajstić information content (AvgIpc) is 2.83. The van der Waals surface area contributed by atoms with Gasteiger partial charge in [-0.3, -0.25) is 0 Å². The summed E-state index contributed by atoms with van der Waals surface area (Å²) in [6, 6.07) is 9.27. The molecule has 2 rings (SSSR count). The van der Waals surface area contributed by atoms with E-state index in [-0.39, 0.29) is 18.2 Å². The van der Waals surface area contributed by atoms with Gasteiger partial charge in [0.2, 0.25) is 0 Å². The highest BCUT2D eigenvalue weighted by Gasteiger charge is 2.28. The van der Waals surface area contributed by atoms with E-state index in [2.05, 4.69) is 51.7 Å². The minimum Gasteiger partial charge on any atom is -0.444 e. The fourth-order valence-electron chi connectivity index (χ4n) is 2.96. The monoisotopic (exact) mass is 382 g/mol. The summed E-state index contributed by atoms with van der Waals surface area (Å²) < 4.78 is 6.42. The molecule has 3 atom stereocenters. The second kappa shape index (κ2) is 7.67. The summed E-state index contributed by atoms with van der Waals surface area (Å²) in [5, 5.41) is 6.64. The maximum Gasteiger partial charge on any atom is 0.407 e. The van der Waals surface area contributed by atoms with Crippen molar-refractivity contribution in [3.05, 3.63) is 34.3 Å². The number of ether oxygens (including phenoxy) is 1. The molecule has 1 aromatic carbocycles. The molecule has 2 unspecified atom stereocenters. The lowest BCUT2D eigenvalue weighted by Crippen LogP contribution is -2.39. The summed E-state index contributed by atoms with van der Waals surface area (Å²) in [6.45, 7) is 7.82. The number of nitrogens with one attached hydrogen (secondary N) is 2. The highest BCUT2D eigenvalue weighted by atomic mass is 79.9. The van der Waals surface area contributed by atoms with Crippen molar-refractivity contribution in [3.8, 4) is 0 Å². The Kier molecular flexibility index (Phi) is 6.09. The van der Waals surface area contributed by atoms with Crippen molar-refractivity contribution >= 4 is 22.0 Å². The van der Waals surface area contributed by atoms with Gasteiger partial charge in [0, 0.05) is 22.6 Å². The first-order chi connectivity index (χ1) is 10.7. The number of hydrogen-bond donors (Lipinski definition) is 2. The van der Waals surface area contributed by atoms with Gasteiger partial charge in [-0.2, -0.15) is 0 Å². The lowest BCUT2D eigenvalue weighted by Gasteiger charge is -2.22. The largest absolute Gasteiger partial charge is 0.444 e. The predicted octanol–water partition coefficient (Wildman–Crippen LogP) is 4.55. The number of amides is 1. The highest BCUT2D eigenvalue weighted by molar-refractivity contribution is 9.10. The summed E-state index contributed by atoms with van der Waals surface area (Å²) >= 11 is 3.51. The van der Waals surface area contributed by atoms with Gasteiger partial charge in [-0.05, 0) is 64.7 Å². The second-order valence-corrected chi connectivity index (χ2v) is 8.21. The van der Waals surface area contributed by atoms with E-state index in [1.807, 2.05) is 26.8 Å². The Hall–Kier alpha value is -1.07. The van der Waals surface area contributed by atoms with Gasteiger partial charge < -0.3 is 15.4 Å². The number of halogens is 1. The molecule has 0 aliphatic heterocycles. The molecular weight excluding hydrogens is 356 g/mol. The summed E-state index contributed by atoms with van der Waals surface area (Å²) in [6.07, 6.45) is 2.68. The number of benzene rings is 1. The zero-order chi connectivity index (χ0) is 17.0. The van der Waals surface area contributed by atoms with Crippen LogP contribution in [0.1, 0.15) is 58.6 Å². The number of carbonyl (C=O) groups is 1. The third-order valence-electron chi connectivity index (χ3n) is 3.99. The van der Waals surface area contributed by atoms with E-state index in [4.69, 9.17) is 4.74 Å². The van der Waals surface area contributed by atoms with E-state index < -0.39 is 5.60 Å². The predicted molar refractivity (Wildman–Crippen MR) is 96.5 cm³/mol. The van der Waals surface area contributed by atoms with E-state index >= 15 is 0 Å². The van der Waals surface area contributed by atoms with Gasteiger partial charge in [-0.15, -0.1) is 0 Å². The van der Waals surface area contributed by atoms with Crippen LogP contribution in [-0.2, 0) is 4.74 Å². The van der Waals surface area contributed by atoms with Crippen LogP contribution in [0.4, 0.5) is 4.79 Å². The molecular formula is C18H27BrN2O2. The van der Waals surface area contributed by atoms with Crippen LogP contribution >= 0.6 is 15.9 Å². The molecule has 1 aromatic rings. The Bertz CT molecular complexity index is 542. The first-order valence-electron chi connectivity index (χ1n) is 8.24. The van der Waals surface area contributed by atoms with E-state index in [0.717, 1.165) is 23.7 Å². The maximum atomic E-state index is 11.8. The molecule has 0 bridgehead atoms. The normalized spacial score (nSPS) is 22.7. The third kappa shape index (κ3) is 6.15. The topological polar surface area (TPSA) is 50.4 Å². The quantitative estimate of drug-likeness (QED) is 0.802. The van der Waals surface area contributed by atoms with Crippen molar-refractivity contribution in [2.24, 2.45) is 0 Å². The Labute approximate surface area is 147 Å². The van der Waals surface area contributed by atoms with Gasteiger partial charge >= 0.3 is 6.09 Å². The van der Waals surface area contributed by atoms with Crippen LogP contribution in [0.3, 0.4) is 0 Å². The molecule has 128 valence electrons. The Morgan fingerprint density at radius 1 is 1.30 bits per heavy atom. The molecule has 1 aliphatic carbocycles. The van der Waals surface area contributed by atoms with E-state index in [0.29, 0.717) is 6.04 Å². The molecule has 23 heavy (non-hydrogen) atoms. The molecule has 1 fully saturated rings. The number of alkyl carbamates (subject to hydrolysis) is 1. The van der Waals surface area contributed by atoms with Crippen molar-refractivity contribution in [2.75, 3.05) is 0 Å². The molecule has 0 heterocycles. The smallest absolute Gasteiger partial charge is 0.407 e. The fraction of sp³-hybridized carbons (Fsp3) is 0.611. The zero-order valence-corrected chi connectivity index (χ0v) is 15.9. The van der Waals surface area contributed by atoms with Gasteiger partial charge in [-0.25, -0.2) is 4.79 Å². The molecule has 1 saturated carbocycles. The number of rotatable bonds is 4. The van der Waals surface area contributed by atoms with Crippen molar-refractivity contribution in [1.29, 1.82) is 0 Å². The number of hydrogen-bond acceptors (Lipinski definition) is 3. The van der Waals surface area contributed by atoms with Crippen molar-refractivity contribution < 1.29 is 9.53 Å². The van der Waals surface area contributed by atoms with Gasteiger partial charge in [0.1, 0.15) is 5.60 Å². The lowest BCUT2D eigenvalue weighted by molar-refractivity contribution is 0.0505. The van der Waals surface area contributed by atoms with Crippen LogP contribution in [-0.4, -0.2) is 23.8 Å². The van der Waals surface area contributed by atoms with Crippen molar-refractivity contribution in [2.45, 2.75) is 70.7 Å². The van der Waals surface area contributed by atoms with Gasteiger partial charge in [-0.1, -0.05) is 28.1 Å². The second-order valence-electron chi connectivity index (χ2n) is 7.30. The van der Waals surface area contributed by atoms with E-state index in [1.165, 1.54) is 5.56 Å². The SMILES string of the molecule is C[C@@H](NC1CCC(NC(=O)OC(C)(C)C)C1)c1cccc(Br)c1. The van der Waals surface area contributed by atoms with E-state index in [9.17, 15) is 4.79 Å². The van der Waals surface area contributed by atoms with E-state index in [1.54, 1.807) is 0 Å². The minimum atomic E-state index is -0.449. The molecule has 0 spiro atoms. The van der Waals surface area contributed by atoms with Crippen molar-refractivity contribution in [3.63, 3.8) is 0 Å². The Morgan fingerprint density at radius 3 is 2.65 bits per heavy atom. The first-order valence-corrected chi connectivity index (χ1v) is 9.03. The van der Waals surface area contributed by atoms with Crippen LogP contribution in [0.2, 0.25) is 0 Å². The standard InChI is InChI=1S/C18H27BrN2O2/c1-12(13-6-5-7-14(19)10-13)20-15-8-9-16(11-15)21-17(22)23-18(2,3)4/h5-7,10,12,15-16,20H,8-9,11H2,1-4H3,(H,21,22)/t12-,15?,16?/m1/s1. The molecule has 1 aliphatic rings. The van der Waals surface area contributed by atoms with Crippen LogP contribution in [0.15, 0.2) is 28.7 Å². The zero-order valence-electron chi connectivity index (χ0n) is 14.4. The van der Waals surface area contributed by atoms with Crippen LogP contribution in [0, 0.1) is 0 Å². The fourth-order valence-corrected chi connectivity index (χ4v) is 3.38. The van der Waals surface area contributed by atoms with Crippen LogP contribution < -0.4 is 10.6 Å². The Balaban J connectivity index is 1.80. The van der Waals surface area contributed by atoms with Crippen LogP contribution in [0.5, 0.6) is 0 Å². The summed E-state index contributed by atoms with van der Waals surface area (Å²) in [4.78, 5) is 11.8. The lowest BCUT2D eigenvalue weighted by atomic mass is 10.1. The molecule has 0 aromatic heterocycles. The van der Waals surface area contributed by atoms with Crippen LogP contribution in [0.25, 0.3) is 0 Å². The maximum absolute atomic E-state index is 11.8. The molecule has 2 N–H and O–H groups in total.